The van der Waals surface area contributed by atoms with Crippen LogP contribution in [0.25, 0.3) is 11.2 Å². The van der Waals surface area contributed by atoms with Crippen LogP contribution < -0.4 is 31.6 Å². The van der Waals surface area contributed by atoms with Gasteiger partial charge < -0.3 is 65.3 Å². The van der Waals surface area contributed by atoms with E-state index in [0.29, 0.717) is 39.8 Å². The number of alkyl carbamates (subject to hydrolysis) is 1. The second kappa shape index (κ2) is 26.5. The minimum Gasteiger partial charge on any atom is -0.496 e. The van der Waals surface area contributed by atoms with Gasteiger partial charge in [-0.1, -0.05) is 33.7 Å². The van der Waals surface area contributed by atoms with Gasteiger partial charge in [0.15, 0.2) is 34.8 Å². The van der Waals surface area contributed by atoms with Crippen molar-refractivity contribution in [2.75, 3.05) is 43.7 Å². The Hall–Kier alpha value is -7.33. The van der Waals surface area contributed by atoms with Crippen molar-refractivity contribution >= 4 is 79.7 Å². The van der Waals surface area contributed by atoms with Gasteiger partial charge in [0.05, 0.1) is 55.5 Å². The van der Waals surface area contributed by atoms with Crippen LogP contribution in [0.15, 0.2) is 65.6 Å². The van der Waals surface area contributed by atoms with Gasteiger partial charge in [-0.25, -0.2) is 24.5 Å². The van der Waals surface area contributed by atoms with E-state index >= 15 is 0 Å². The molecule has 3 aliphatic rings. The number of aryl methyl sites for hydroxylation is 1. The van der Waals surface area contributed by atoms with E-state index in [2.05, 4.69) is 41.2 Å². The highest BCUT2D eigenvalue weighted by molar-refractivity contribution is 8.76. The summed E-state index contributed by atoms with van der Waals surface area (Å²) in [5, 5.41) is 43.7. The summed E-state index contributed by atoms with van der Waals surface area (Å²) in [6.45, 7) is 6.11. The second-order valence-electron chi connectivity index (χ2n) is 19.8. The van der Waals surface area contributed by atoms with Crippen molar-refractivity contribution in [3.8, 4) is 5.75 Å². The zero-order chi connectivity index (χ0) is 58.1. The zero-order valence-corrected chi connectivity index (χ0v) is 46.5. The third-order valence-corrected chi connectivity index (χ3v) is 16.0. The Bertz CT molecular complexity index is 3270. The second-order valence-corrected chi connectivity index (χ2v) is 22.5. The average Bonchev–Trinajstić information content (AvgIpc) is 2.72. The van der Waals surface area contributed by atoms with Gasteiger partial charge in [0.1, 0.15) is 42.5 Å². The van der Waals surface area contributed by atoms with E-state index in [1.165, 1.54) is 53.1 Å². The number of aromatic nitrogens is 4. The number of aliphatic hydroxyl groups is 3. The number of nitrogens with zero attached hydrogens (tertiary/aromatic N) is 3. The molecule has 7 atom stereocenters. The number of nitrogens with one attached hydrogen (secondary N) is 5. The van der Waals surface area contributed by atoms with Gasteiger partial charge in [-0.3, -0.25) is 28.8 Å². The maximum Gasteiger partial charge on any atom is 0.407 e. The average molecular weight is 1160 g/mol. The Kier molecular flexibility index (Phi) is 19.6. The van der Waals surface area contributed by atoms with Crippen LogP contribution in [0.1, 0.15) is 117 Å². The Morgan fingerprint density at radius 3 is 2.47 bits per heavy atom. The summed E-state index contributed by atoms with van der Waals surface area (Å²) in [6.07, 6.45) is -4.88. The first kappa shape index (κ1) is 59.8. The van der Waals surface area contributed by atoms with Crippen molar-refractivity contribution < 1.29 is 72.6 Å². The molecule has 0 bridgehead atoms. The van der Waals surface area contributed by atoms with Crippen LogP contribution in [0, 0.1) is 6.92 Å². The topological polar surface area (TPSA) is 346 Å². The number of carbonyl (C=O) groups excluding carboxylic acids is 7. The predicted molar refractivity (Wildman–Crippen MR) is 295 cm³/mol. The van der Waals surface area contributed by atoms with Crippen LogP contribution in [-0.4, -0.2) is 157 Å². The molecule has 1 aliphatic heterocycles. The largest absolute Gasteiger partial charge is 0.496 e. The van der Waals surface area contributed by atoms with Crippen LogP contribution in [0.2, 0.25) is 0 Å². The molecule has 5 aromatic rings. The van der Waals surface area contributed by atoms with Crippen molar-refractivity contribution in [2.45, 2.75) is 115 Å². The highest BCUT2D eigenvalue weighted by Crippen LogP contribution is 2.44. The summed E-state index contributed by atoms with van der Waals surface area (Å²) in [5.74, 6) is -1.86. The number of amides is 3. The highest BCUT2D eigenvalue weighted by Gasteiger charge is 2.47. The fraction of sp³-hybridized carbons (Fsp3) is 0.436. The molecule has 430 valence electrons. The third kappa shape index (κ3) is 14.4. The van der Waals surface area contributed by atoms with Gasteiger partial charge >= 0.3 is 12.1 Å². The number of hydrogen-bond donors (Lipinski definition) is 8. The number of anilines is 1. The van der Waals surface area contributed by atoms with Gasteiger partial charge in [0, 0.05) is 71.7 Å². The number of rotatable bonds is 23. The molecule has 3 heterocycles. The maximum absolute atomic E-state index is 13.9. The van der Waals surface area contributed by atoms with E-state index in [4.69, 9.17) is 23.7 Å². The Balaban J connectivity index is 0.757. The molecule has 2 aromatic heterocycles. The number of H-pyrrole nitrogens is 1. The van der Waals surface area contributed by atoms with E-state index in [9.17, 15) is 53.7 Å². The first-order valence-electron chi connectivity index (χ1n) is 26.1. The Morgan fingerprint density at radius 2 is 1.73 bits per heavy atom. The molecule has 3 amide bonds. The van der Waals surface area contributed by atoms with E-state index < -0.39 is 95.9 Å². The van der Waals surface area contributed by atoms with Crippen LogP contribution >= 0.6 is 21.6 Å². The molecular weight excluding hydrogens is 1090 g/mol. The summed E-state index contributed by atoms with van der Waals surface area (Å²) in [7, 11) is 4.20. The minimum atomic E-state index is -2.10. The molecule has 24 nitrogen and oxygen atoms in total. The number of carbonyl (C=O) groups is 7. The molecule has 0 radical (unpaired) electrons. The number of methoxy groups -OCH3 is 1. The van der Waals surface area contributed by atoms with Crippen LogP contribution in [0.4, 0.5) is 10.5 Å². The molecule has 81 heavy (non-hydrogen) atoms. The maximum atomic E-state index is 13.9. The van der Waals surface area contributed by atoms with Gasteiger partial charge in [-0.15, -0.1) is 0 Å². The Labute approximate surface area is 472 Å². The lowest BCUT2D eigenvalue weighted by Gasteiger charge is -2.42. The van der Waals surface area contributed by atoms with Crippen LogP contribution in [-0.2, 0) is 46.3 Å². The minimum absolute atomic E-state index is 0.00656. The predicted octanol–water partition coefficient (Wildman–Crippen LogP) is 3.33. The number of Topliss-reactive ketones (excluding diaryl/α,β-unsaturated/α-hetero) is 1. The molecule has 1 fully saturated rings. The summed E-state index contributed by atoms with van der Waals surface area (Å²) < 4.78 is 28.5. The first-order chi connectivity index (χ1) is 38.7. The molecule has 8 rings (SSSR count). The van der Waals surface area contributed by atoms with E-state index in [1.807, 2.05) is 0 Å². The van der Waals surface area contributed by atoms with Crippen molar-refractivity contribution in [1.82, 2.24) is 35.9 Å². The fourth-order valence-electron chi connectivity index (χ4n) is 9.60. The summed E-state index contributed by atoms with van der Waals surface area (Å²) in [5.41, 5.74) is 0.409. The number of esters is 1. The number of ether oxygens (including phenoxy) is 5. The van der Waals surface area contributed by atoms with Gasteiger partial charge in [0.25, 0.3) is 11.5 Å². The monoisotopic (exact) mass is 1150 g/mol. The van der Waals surface area contributed by atoms with Gasteiger partial charge in [-0.2, -0.15) is 0 Å². The number of aromatic amines is 1. The van der Waals surface area contributed by atoms with E-state index in [1.54, 1.807) is 64.1 Å². The van der Waals surface area contributed by atoms with Crippen molar-refractivity contribution in [2.24, 2.45) is 0 Å². The van der Waals surface area contributed by atoms with Crippen molar-refractivity contribution in [3.63, 3.8) is 0 Å². The number of fused-ring (bicyclic) bond motifs is 4. The molecule has 1 saturated heterocycles. The molecule has 0 unspecified atom stereocenters. The summed E-state index contributed by atoms with van der Waals surface area (Å²) >= 11 is 0. The number of ketones is 3. The van der Waals surface area contributed by atoms with Crippen LogP contribution in [0.3, 0.4) is 0 Å². The molecule has 0 saturated carbocycles. The van der Waals surface area contributed by atoms with Gasteiger partial charge in [0.2, 0.25) is 5.91 Å². The van der Waals surface area contributed by atoms with E-state index in [0.717, 1.165) is 0 Å². The normalized spacial score (nSPS) is 20.5. The van der Waals surface area contributed by atoms with Crippen LogP contribution in [0.5, 0.6) is 5.75 Å². The Morgan fingerprint density at radius 1 is 0.975 bits per heavy atom. The summed E-state index contributed by atoms with van der Waals surface area (Å²) in [6, 6.07) is 12.1. The van der Waals surface area contributed by atoms with Crippen molar-refractivity contribution in [1.29, 1.82) is 0 Å². The molecule has 8 N–H and O–H groups in total. The lowest BCUT2D eigenvalue weighted by molar-refractivity contribution is -0.249. The molecule has 2 aliphatic carbocycles. The number of aliphatic hydroxyl groups excluding tert-OH is 2. The molecule has 3 aromatic carbocycles. The summed E-state index contributed by atoms with van der Waals surface area (Å²) in [4.78, 5) is 120. The van der Waals surface area contributed by atoms with Crippen molar-refractivity contribution in [3.05, 3.63) is 122 Å². The molecule has 0 spiro atoms. The molecular formula is C55H62N8O16S2. The lowest BCUT2D eigenvalue weighted by atomic mass is 9.73. The SMILES string of the molecule is COc1cccc2c1C(=O)c1cc3c(cc1C2=O)C[C@@](O)(C(=O)CO)C[C@@H]3O[C@H]1C[C@@H](NC(=O)OCCSSCCNC(=O)CC[C@@H](NC(=O)c2ccc(NCc3cnc4nc(C)[nH]c(=O)c4n3)cc2)C(=O)OC(C)C)[C@H](O)[C@H](C)O1. The zero-order valence-electron chi connectivity index (χ0n) is 44.9. The highest BCUT2D eigenvalue weighted by atomic mass is 33.1. The third-order valence-electron chi connectivity index (χ3n) is 13.6. The first-order valence-corrected chi connectivity index (χ1v) is 28.6. The van der Waals surface area contributed by atoms with E-state index in [-0.39, 0.29) is 102 Å². The molecule has 26 heteroatoms. The lowest BCUT2D eigenvalue weighted by Crippen LogP contribution is -2.56. The number of benzene rings is 3. The smallest absolute Gasteiger partial charge is 0.407 e. The quantitative estimate of drug-likeness (QED) is 0.0259. The standard InChI is InChI=1S/C55H62N8O16S2/c1-27(2)77-53(72)38(62-51(70)30-9-11-32(12-10-30)57-24-33-25-58-50-46(61-33)52(71)60-29(4)59-50)13-14-43(66)56-15-17-80-81-18-16-76-54(73)63-39-21-44(78-28(3)47(39)67)79-41-23-55(74,42(65)26-64)22-31-19-36-37(20-35(31)41)49(69)45-34(48(36)68)7-6-8-40(45)75-5/h6-12,19-20,25,27-28,38-39,41,44,47,57,64,67,74H,13-18,21-24,26H2,1-5H3,(H,56,66)(H,62,70)(H,63,73)(H,58,59,60,71)/t28-,38+,39+,41-,44-,47+,55-/m0/s1. The number of hydrogen-bond acceptors (Lipinski definition) is 22. The van der Waals surface area contributed by atoms with Gasteiger partial charge in [-0.05, 0) is 87.7 Å². The fourth-order valence-corrected chi connectivity index (χ4v) is 11.3.